The van der Waals surface area contributed by atoms with E-state index in [9.17, 15) is 4.39 Å². The van der Waals surface area contributed by atoms with Crippen LogP contribution in [-0.4, -0.2) is 28.6 Å². The van der Waals surface area contributed by atoms with Crippen LogP contribution in [0.3, 0.4) is 0 Å². The average Bonchev–Trinajstić information content (AvgIpc) is 2.40. The van der Waals surface area contributed by atoms with Crippen molar-refractivity contribution in [3.05, 3.63) is 24.1 Å². The highest BCUT2D eigenvalue weighted by Gasteiger charge is 2.24. The number of pyridine rings is 1. The molecule has 2 atom stereocenters. The molecule has 0 spiro atoms. The molecule has 2 unspecified atom stereocenters. The van der Waals surface area contributed by atoms with E-state index in [1.165, 1.54) is 31.5 Å². The maximum Gasteiger partial charge on any atom is 0.213 e. The molecule has 2 rings (SSSR count). The van der Waals surface area contributed by atoms with Crippen LogP contribution in [-0.2, 0) is 0 Å². The quantitative estimate of drug-likeness (QED) is 0.645. The van der Waals surface area contributed by atoms with Gasteiger partial charge >= 0.3 is 0 Å². The molecule has 1 fully saturated rings. The number of hydrogen-bond acceptors (Lipinski definition) is 3. The van der Waals surface area contributed by atoms with E-state index in [0.717, 1.165) is 11.0 Å². The molecule has 0 radical (unpaired) electrons. The monoisotopic (exact) mass is 364 g/mol. The van der Waals surface area contributed by atoms with Crippen molar-refractivity contribution in [3.63, 3.8) is 0 Å². The van der Waals surface area contributed by atoms with Gasteiger partial charge in [0.25, 0.3) is 0 Å². The highest BCUT2D eigenvalue weighted by Crippen LogP contribution is 2.21. The van der Waals surface area contributed by atoms with Gasteiger partial charge in [0.05, 0.1) is 12.8 Å². The molecule has 1 aliphatic rings. The van der Waals surface area contributed by atoms with Crippen molar-refractivity contribution < 1.29 is 9.13 Å². The second-order valence-corrected chi connectivity index (χ2v) is 5.64. The number of rotatable bonds is 5. The minimum Gasteiger partial charge on any atom is -0.477 e. The fraction of sp³-hybridized carbons (Fsp3) is 0.615. The van der Waals surface area contributed by atoms with Crippen molar-refractivity contribution in [3.8, 4) is 5.88 Å². The summed E-state index contributed by atoms with van der Waals surface area (Å²) in [4.78, 5) is 3.91. The first-order valence-electron chi connectivity index (χ1n) is 6.33. The molecule has 1 N–H and O–H groups in total. The maximum atomic E-state index is 12.7. The Kier molecular flexibility index (Phi) is 5.62. The number of nitrogens with one attached hydrogen (secondary N) is 1. The van der Waals surface area contributed by atoms with E-state index < -0.39 is 0 Å². The molecule has 3 nitrogen and oxygen atoms in total. The zero-order chi connectivity index (χ0) is 12.8. The van der Waals surface area contributed by atoms with Crippen molar-refractivity contribution in [1.29, 1.82) is 0 Å². The second-order valence-electron chi connectivity index (χ2n) is 4.57. The number of ether oxygens (including phenoxy) is 1. The fourth-order valence-corrected chi connectivity index (χ4v) is 2.99. The summed E-state index contributed by atoms with van der Waals surface area (Å²) >= 11 is 2.41. The van der Waals surface area contributed by atoms with Gasteiger partial charge in [-0.05, 0) is 31.9 Å². The molecular formula is C13H18FIN2O. The Morgan fingerprint density at radius 2 is 2.39 bits per heavy atom. The zero-order valence-corrected chi connectivity index (χ0v) is 12.4. The molecule has 0 saturated carbocycles. The van der Waals surface area contributed by atoms with Gasteiger partial charge in [-0.15, -0.1) is 0 Å². The SMILES string of the molecule is Fc1ccc(OCC2CCCNC2CCI)nc1. The largest absolute Gasteiger partial charge is 0.477 e. The van der Waals surface area contributed by atoms with Gasteiger partial charge in [-0.25, -0.2) is 9.37 Å². The predicted octanol–water partition coefficient (Wildman–Crippen LogP) is 2.79. The summed E-state index contributed by atoms with van der Waals surface area (Å²) in [6.07, 6.45) is 4.75. The van der Waals surface area contributed by atoms with Gasteiger partial charge in [-0.2, -0.15) is 0 Å². The Morgan fingerprint density at radius 1 is 1.50 bits per heavy atom. The first kappa shape index (κ1) is 14.0. The molecule has 0 aromatic carbocycles. The lowest BCUT2D eigenvalue weighted by Crippen LogP contribution is -2.43. The second kappa shape index (κ2) is 7.23. The van der Waals surface area contributed by atoms with Crippen LogP contribution in [0.25, 0.3) is 0 Å². The van der Waals surface area contributed by atoms with Gasteiger partial charge < -0.3 is 10.1 Å². The fourth-order valence-electron chi connectivity index (χ4n) is 2.31. The topological polar surface area (TPSA) is 34.1 Å². The third-order valence-electron chi connectivity index (χ3n) is 3.29. The van der Waals surface area contributed by atoms with E-state index in [4.69, 9.17) is 4.74 Å². The average molecular weight is 364 g/mol. The van der Waals surface area contributed by atoms with Gasteiger partial charge in [0.2, 0.25) is 5.88 Å². The van der Waals surface area contributed by atoms with Gasteiger partial charge in [0.15, 0.2) is 0 Å². The minimum atomic E-state index is -0.329. The number of hydrogen-bond donors (Lipinski definition) is 1. The molecule has 2 heterocycles. The molecule has 18 heavy (non-hydrogen) atoms. The summed E-state index contributed by atoms with van der Waals surface area (Å²) in [5.41, 5.74) is 0. The third-order valence-corrected chi connectivity index (χ3v) is 3.92. The molecular weight excluding hydrogens is 346 g/mol. The molecule has 5 heteroatoms. The molecule has 1 aromatic heterocycles. The van der Waals surface area contributed by atoms with Gasteiger partial charge in [-0.3, -0.25) is 0 Å². The van der Waals surface area contributed by atoms with Crippen LogP contribution in [0, 0.1) is 11.7 Å². The molecule has 1 saturated heterocycles. The van der Waals surface area contributed by atoms with Crippen molar-refractivity contribution in [2.45, 2.75) is 25.3 Å². The summed E-state index contributed by atoms with van der Waals surface area (Å²) < 4.78 is 19.5. The molecule has 100 valence electrons. The molecule has 1 aliphatic heterocycles. The van der Waals surface area contributed by atoms with Gasteiger partial charge in [0.1, 0.15) is 5.82 Å². The highest BCUT2D eigenvalue weighted by molar-refractivity contribution is 14.1. The lowest BCUT2D eigenvalue weighted by molar-refractivity contribution is 0.169. The van der Waals surface area contributed by atoms with E-state index in [1.54, 1.807) is 6.07 Å². The normalized spacial score (nSPS) is 23.9. The maximum absolute atomic E-state index is 12.7. The molecule has 0 amide bonds. The standard InChI is InChI=1S/C13H18FIN2O/c14-11-3-4-13(17-8-11)18-9-10-2-1-7-16-12(10)5-6-15/h3-4,8,10,12,16H,1-2,5-7,9H2. The summed E-state index contributed by atoms with van der Waals surface area (Å²) in [6, 6.07) is 3.50. The number of nitrogens with zero attached hydrogens (tertiary/aromatic N) is 1. The molecule has 1 aromatic rings. The van der Waals surface area contributed by atoms with Crippen LogP contribution in [0.15, 0.2) is 18.3 Å². The summed E-state index contributed by atoms with van der Waals surface area (Å²) in [6.45, 7) is 1.76. The van der Waals surface area contributed by atoms with Crippen molar-refractivity contribution >= 4 is 22.6 Å². The first-order chi connectivity index (χ1) is 8.79. The smallest absolute Gasteiger partial charge is 0.213 e. The first-order valence-corrected chi connectivity index (χ1v) is 7.86. The van der Waals surface area contributed by atoms with Crippen LogP contribution in [0.4, 0.5) is 4.39 Å². The van der Waals surface area contributed by atoms with Gasteiger partial charge in [-0.1, -0.05) is 22.6 Å². The van der Waals surface area contributed by atoms with Crippen LogP contribution in [0.1, 0.15) is 19.3 Å². The number of alkyl halides is 1. The Morgan fingerprint density at radius 3 is 3.11 bits per heavy atom. The van der Waals surface area contributed by atoms with Crippen molar-refractivity contribution in [2.24, 2.45) is 5.92 Å². The Labute approximate surface area is 121 Å². The summed E-state index contributed by atoms with van der Waals surface area (Å²) in [5.74, 6) is 0.708. The Bertz CT molecular complexity index is 359. The van der Waals surface area contributed by atoms with E-state index in [1.807, 2.05) is 0 Å². The van der Waals surface area contributed by atoms with E-state index in [2.05, 4.69) is 32.9 Å². The Balaban J connectivity index is 1.85. The van der Waals surface area contributed by atoms with Crippen molar-refractivity contribution in [2.75, 3.05) is 17.6 Å². The summed E-state index contributed by atoms with van der Waals surface area (Å²) in [7, 11) is 0. The number of piperidine rings is 1. The van der Waals surface area contributed by atoms with Crippen molar-refractivity contribution in [1.82, 2.24) is 10.3 Å². The van der Waals surface area contributed by atoms with Gasteiger partial charge in [0, 0.05) is 22.5 Å². The number of aromatic nitrogens is 1. The lowest BCUT2D eigenvalue weighted by atomic mass is 9.90. The Hall–Kier alpha value is -0.430. The van der Waals surface area contributed by atoms with E-state index in [-0.39, 0.29) is 5.82 Å². The summed E-state index contributed by atoms with van der Waals surface area (Å²) in [5, 5.41) is 3.55. The lowest BCUT2D eigenvalue weighted by Gasteiger charge is -2.32. The molecule has 0 aliphatic carbocycles. The van der Waals surface area contributed by atoms with Crippen LogP contribution < -0.4 is 10.1 Å². The predicted molar refractivity (Wildman–Crippen MR) is 77.7 cm³/mol. The van der Waals surface area contributed by atoms with Crippen LogP contribution in [0.5, 0.6) is 5.88 Å². The third kappa shape index (κ3) is 4.05. The highest BCUT2D eigenvalue weighted by atomic mass is 127. The molecule has 0 bridgehead atoms. The van der Waals surface area contributed by atoms with E-state index >= 15 is 0 Å². The zero-order valence-electron chi connectivity index (χ0n) is 10.2. The van der Waals surface area contributed by atoms with Crippen LogP contribution in [0.2, 0.25) is 0 Å². The minimum absolute atomic E-state index is 0.329. The van der Waals surface area contributed by atoms with Crippen LogP contribution >= 0.6 is 22.6 Å². The number of halogens is 2. The van der Waals surface area contributed by atoms with E-state index in [0.29, 0.717) is 24.4 Å².